The van der Waals surface area contributed by atoms with E-state index in [1.54, 1.807) is 11.8 Å². The Morgan fingerprint density at radius 1 is 1.28 bits per heavy atom. The van der Waals surface area contributed by atoms with Gasteiger partial charge >= 0.3 is 0 Å². The topological polar surface area (TPSA) is 38.9 Å². The maximum Gasteiger partial charge on any atom is 0.0963 e. The van der Waals surface area contributed by atoms with E-state index in [4.69, 9.17) is 5.73 Å². The minimum absolute atomic E-state index is 0.0494. The zero-order valence-corrected chi connectivity index (χ0v) is 11.6. The lowest BCUT2D eigenvalue weighted by Gasteiger charge is -2.06. The van der Waals surface area contributed by atoms with Crippen LogP contribution >= 0.6 is 11.8 Å². The molecule has 1 unspecified atom stereocenters. The fourth-order valence-corrected chi connectivity index (χ4v) is 2.49. The number of rotatable bonds is 4. The summed E-state index contributed by atoms with van der Waals surface area (Å²) in [5.74, 6) is 0.951. The van der Waals surface area contributed by atoms with Gasteiger partial charge < -0.3 is 5.73 Å². The van der Waals surface area contributed by atoms with Crippen LogP contribution in [0.4, 0.5) is 0 Å². The first-order valence-electron chi connectivity index (χ1n) is 6.05. The van der Waals surface area contributed by atoms with Gasteiger partial charge in [0.05, 0.1) is 5.03 Å². The van der Waals surface area contributed by atoms with Crippen LogP contribution in [-0.4, -0.2) is 4.98 Å². The number of nitrogens with two attached hydrogens (primary N) is 1. The molecule has 0 bridgehead atoms. The summed E-state index contributed by atoms with van der Waals surface area (Å²) < 4.78 is 0. The van der Waals surface area contributed by atoms with Crippen LogP contribution < -0.4 is 5.73 Å². The highest BCUT2D eigenvalue weighted by molar-refractivity contribution is 7.98. The van der Waals surface area contributed by atoms with E-state index in [1.807, 2.05) is 19.2 Å². The van der Waals surface area contributed by atoms with Crippen LogP contribution in [0.5, 0.6) is 0 Å². The van der Waals surface area contributed by atoms with Crippen LogP contribution in [0.1, 0.15) is 29.7 Å². The third-order valence-electron chi connectivity index (χ3n) is 2.75. The molecular formula is C15H18N2S. The standard InChI is InChI=1S/C15H18N2S/c1-11-4-3-5-13(8-11)10-18-15-7-6-14(9-17-15)12(2)16/h3-9,12H,10,16H2,1-2H3. The quantitative estimate of drug-likeness (QED) is 0.850. The molecule has 0 saturated heterocycles. The molecule has 94 valence electrons. The molecule has 1 atom stereocenters. The molecule has 0 spiro atoms. The molecular weight excluding hydrogens is 240 g/mol. The zero-order chi connectivity index (χ0) is 13.0. The lowest BCUT2D eigenvalue weighted by Crippen LogP contribution is -2.04. The molecule has 3 heteroatoms. The van der Waals surface area contributed by atoms with E-state index >= 15 is 0 Å². The van der Waals surface area contributed by atoms with Crippen molar-refractivity contribution in [2.45, 2.75) is 30.7 Å². The first-order valence-corrected chi connectivity index (χ1v) is 7.03. The molecule has 2 aromatic rings. The van der Waals surface area contributed by atoms with E-state index in [0.29, 0.717) is 0 Å². The van der Waals surface area contributed by atoms with Gasteiger partial charge in [-0.05, 0) is 31.0 Å². The van der Waals surface area contributed by atoms with E-state index in [-0.39, 0.29) is 6.04 Å². The molecule has 1 aromatic heterocycles. The number of thioether (sulfide) groups is 1. The average molecular weight is 258 g/mol. The number of nitrogens with zero attached hydrogens (tertiary/aromatic N) is 1. The Morgan fingerprint density at radius 3 is 2.72 bits per heavy atom. The van der Waals surface area contributed by atoms with Crippen molar-refractivity contribution in [1.82, 2.24) is 4.98 Å². The highest BCUT2D eigenvalue weighted by Crippen LogP contribution is 2.22. The second-order valence-corrected chi connectivity index (χ2v) is 5.49. The third-order valence-corrected chi connectivity index (χ3v) is 3.77. The summed E-state index contributed by atoms with van der Waals surface area (Å²) in [6, 6.07) is 12.7. The summed E-state index contributed by atoms with van der Waals surface area (Å²) in [6.45, 7) is 4.08. The minimum atomic E-state index is 0.0494. The van der Waals surface area contributed by atoms with Crippen molar-refractivity contribution in [2.24, 2.45) is 5.73 Å². The summed E-state index contributed by atoms with van der Waals surface area (Å²) in [5.41, 5.74) is 9.51. The number of hydrogen-bond acceptors (Lipinski definition) is 3. The van der Waals surface area contributed by atoms with Gasteiger partial charge in [0.15, 0.2) is 0 Å². The smallest absolute Gasteiger partial charge is 0.0963 e. The van der Waals surface area contributed by atoms with Gasteiger partial charge in [-0.15, -0.1) is 11.8 Å². The predicted octanol–water partition coefficient (Wildman–Crippen LogP) is 3.70. The molecule has 0 amide bonds. The molecule has 0 radical (unpaired) electrons. The Kier molecular flexibility index (Phi) is 4.39. The van der Waals surface area contributed by atoms with Crippen molar-refractivity contribution in [3.05, 3.63) is 59.3 Å². The zero-order valence-electron chi connectivity index (χ0n) is 10.8. The summed E-state index contributed by atoms with van der Waals surface area (Å²) in [6.07, 6.45) is 1.86. The van der Waals surface area contributed by atoms with Gasteiger partial charge in [0.1, 0.15) is 0 Å². The Hall–Kier alpha value is -1.32. The first kappa shape index (κ1) is 13.1. The molecule has 2 rings (SSSR count). The van der Waals surface area contributed by atoms with Crippen LogP contribution in [0.3, 0.4) is 0 Å². The fraction of sp³-hybridized carbons (Fsp3) is 0.267. The van der Waals surface area contributed by atoms with E-state index in [0.717, 1.165) is 16.3 Å². The normalized spacial score (nSPS) is 12.4. The summed E-state index contributed by atoms with van der Waals surface area (Å²) in [4.78, 5) is 4.42. The number of aromatic nitrogens is 1. The highest BCUT2D eigenvalue weighted by Gasteiger charge is 2.01. The lowest BCUT2D eigenvalue weighted by atomic mass is 10.2. The van der Waals surface area contributed by atoms with E-state index in [2.05, 4.69) is 42.2 Å². The maximum absolute atomic E-state index is 5.80. The number of hydrogen-bond donors (Lipinski definition) is 1. The summed E-state index contributed by atoms with van der Waals surface area (Å²) in [7, 11) is 0. The van der Waals surface area contributed by atoms with Crippen LogP contribution in [-0.2, 0) is 5.75 Å². The van der Waals surface area contributed by atoms with Crippen molar-refractivity contribution in [3.63, 3.8) is 0 Å². The monoisotopic (exact) mass is 258 g/mol. The van der Waals surface area contributed by atoms with E-state index in [9.17, 15) is 0 Å². The van der Waals surface area contributed by atoms with E-state index < -0.39 is 0 Å². The van der Waals surface area contributed by atoms with Crippen molar-refractivity contribution in [3.8, 4) is 0 Å². The fourth-order valence-electron chi connectivity index (χ4n) is 1.71. The number of benzene rings is 1. The SMILES string of the molecule is Cc1cccc(CSc2ccc(C(C)N)cn2)c1. The Bertz CT molecular complexity index is 506. The van der Waals surface area contributed by atoms with Crippen molar-refractivity contribution in [2.75, 3.05) is 0 Å². The molecule has 1 heterocycles. The lowest BCUT2D eigenvalue weighted by molar-refractivity contribution is 0.806. The van der Waals surface area contributed by atoms with Gasteiger partial charge in [0, 0.05) is 18.0 Å². The van der Waals surface area contributed by atoms with Gasteiger partial charge in [-0.25, -0.2) is 4.98 Å². The predicted molar refractivity (Wildman–Crippen MR) is 77.6 cm³/mol. The largest absolute Gasteiger partial charge is 0.324 e. The Labute approximate surface area is 113 Å². The van der Waals surface area contributed by atoms with Crippen molar-refractivity contribution in [1.29, 1.82) is 0 Å². The van der Waals surface area contributed by atoms with Gasteiger partial charge in [0.2, 0.25) is 0 Å². The average Bonchev–Trinajstić information content (AvgIpc) is 2.37. The minimum Gasteiger partial charge on any atom is -0.324 e. The van der Waals surface area contributed by atoms with Crippen molar-refractivity contribution >= 4 is 11.8 Å². The summed E-state index contributed by atoms with van der Waals surface area (Å²) >= 11 is 1.75. The molecule has 0 fully saturated rings. The maximum atomic E-state index is 5.80. The molecule has 2 N–H and O–H groups in total. The van der Waals surface area contributed by atoms with Crippen molar-refractivity contribution < 1.29 is 0 Å². The molecule has 1 aromatic carbocycles. The Morgan fingerprint density at radius 2 is 2.11 bits per heavy atom. The molecule has 0 aliphatic carbocycles. The second-order valence-electron chi connectivity index (χ2n) is 4.50. The van der Waals surface area contributed by atoms with Gasteiger partial charge in [-0.3, -0.25) is 0 Å². The van der Waals surface area contributed by atoms with Crippen LogP contribution in [0.15, 0.2) is 47.6 Å². The molecule has 0 aliphatic heterocycles. The Balaban J connectivity index is 1.98. The number of pyridine rings is 1. The number of aryl methyl sites for hydroxylation is 1. The third kappa shape index (κ3) is 3.59. The molecule has 18 heavy (non-hydrogen) atoms. The van der Waals surface area contributed by atoms with Gasteiger partial charge in [-0.1, -0.05) is 35.9 Å². The second kappa shape index (κ2) is 6.03. The first-order chi connectivity index (χ1) is 8.65. The van der Waals surface area contributed by atoms with Crippen LogP contribution in [0.25, 0.3) is 0 Å². The summed E-state index contributed by atoms with van der Waals surface area (Å²) in [5, 5.41) is 1.04. The van der Waals surface area contributed by atoms with Crippen LogP contribution in [0.2, 0.25) is 0 Å². The van der Waals surface area contributed by atoms with E-state index in [1.165, 1.54) is 11.1 Å². The van der Waals surface area contributed by atoms with Gasteiger partial charge in [-0.2, -0.15) is 0 Å². The highest BCUT2D eigenvalue weighted by atomic mass is 32.2. The van der Waals surface area contributed by atoms with Gasteiger partial charge in [0.25, 0.3) is 0 Å². The molecule has 0 saturated carbocycles. The molecule has 0 aliphatic rings. The van der Waals surface area contributed by atoms with Crippen LogP contribution in [0, 0.1) is 6.92 Å². The molecule has 2 nitrogen and oxygen atoms in total.